The molecule has 22 heavy (non-hydrogen) atoms. The quantitative estimate of drug-likeness (QED) is 0.811. The van der Waals surface area contributed by atoms with Crippen LogP contribution in [0, 0.1) is 11.3 Å². The molecule has 0 saturated carbocycles. The van der Waals surface area contributed by atoms with E-state index in [4.69, 9.17) is 5.26 Å². The van der Waals surface area contributed by atoms with Gasteiger partial charge in [0.2, 0.25) is 0 Å². The molecule has 0 amide bonds. The summed E-state index contributed by atoms with van der Waals surface area (Å²) >= 11 is 0. The molecule has 0 N–H and O–H groups in total. The molecule has 2 unspecified atom stereocenters. The molecule has 2 aromatic rings. The van der Waals surface area contributed by atoms with Crippen LogP contribution in [0.25, 0.3) is 5.65 Å². The zero-order valence-corrected chi connectivity index (χ0v) is 13.9. The van der Waals surface area contributed by atoms with Crippen LogP contribution in [0.15, 0.2) is 18.6 Å². The highest BCUT2D eigenvalue weighted by molar-refractivity contribution is 7.91. The number of hydrogen-bond acceptors (Lipinski definition) is 6. The van der Waals surface area contributed by atoms with Gasteiger partial charge in [-0.05, 0) is 20.9 Å². The van der Waals surface area contributed by atoms with Crippen molar-refractivity contribution in [2.75, 3.05) is 13.3 Å². The van der Waals surface area contributed by atoms with Crippen LogP contribution < -0.4 is 0 Å². The van der Waals surface area contributed by atoms with Gasteiger partial charge in [0.1, 0.15) is 11.6 Å². The second-order valence-corrected chi connectivity index (χ2v) is 7.99. The first-order valence-corrected chi connectivity index (χ1v) is 8.81. The van der Waals surface area contributed by atoms with E-state index in [1.807, 2.05) is 24.9 Å². The van der Waals surface area contributed by atoms with Crippen LogP contribution in [-0.2, 0) is 16.4 Å². The molecule has 2 heterocycles. The summed E-state index contributed by atoms with van der Waals surface area (Å²) in [7, 11) is -1.21. The van der Waals surface area contributed by atoms with E-state index in [1.54, 1.807) is 23.8 Å². The van der Waals surface area contributed by atoms with E-state index in [0.29, 0.717) is 17.8 Å². The first kappa shape index (κ1) is 16.4. The minimum Gasteiger partial charge on any atom is -0.298 e. The van der Waals surface area contributed by atoms with Crippen LogP contribution in [0.5, 0.6) is 0 Å². The minimum absolute atomic E-state index is 0.127. The summed E-state index contributed by atoms with van der Waals surface area (Å²) < 4.78 is 24.9. The van der Waals surface area contributed by atoms with Crippen molar-refractivity contribution in [1.29, 1.82) is 5.26 Å². The first-order chi connectivity index (χ1) is 10.2. The highest BCUT2D eigenvalue weighted by Gasteiger charge is 2.25. The van der Waals surface area contributed by atoms with Gasteiger partial charge in [-0.1, -0.05) is 0 Å². The maximum absolute atomic E-state index is 11.7. The van der Waals surface area contributed by atoms with E-state index >= 15 is 0 Å². The average molecular weight is 321 g/mol. The summed E-state index contributed by atoms with van der Waals surface area (Å²) in [5.74, 6) is 0. The van der Waals surface area contributed by atoms with E-state index in [0.717, 1.165) is 5.56 Å². The third-order valence-corrected chi connectivity index (χ3v) is 5.76. The van der Waals surface area contributed by atoms with Gasteiger partial charge in [0.25, 0.3) is 0 Å². The summed E-state index contributed by atoms with van der Waals surface area (Å²) in [5.41, 5.74) is 1.85. The third-order valence-electron chi connectivity index (χ3n) is 4.01. The zero-order chi connectivity index (χ0) is 16.5. The number of sulfone groups is 1. The lowest BCUT2D eigenvalue weighted by Crippen LogP contribution is -2.40. The van der Waals surface area contributed by atoms with Crippen molar-refractivity contribution < 1.29 is 8.42 Å². The molecule has 2 aromatic heterocycles. The molecule has 0 saturated heterocycles. The van der Waals surface area contributed by atoms with E-state index in [9.17, 15) is 8.42 Å². The van der Waals surface area contributed by atoms with Crippen LogP contribution in [-0.4, -0.2) is 52.5 Å². The van der Waals surface area contributed by atoms with Crippen molar-refractivity contribution in [3.8, 4) is 6.07 Å². The molecule has 0 radical (unpaired) electrons. The normalized spacial score (nSPS) is 14.9. The third kappa shape index (κ3) is 3.26. The lowest BCUT2D eigenvalue weighted by atomic mass is 10.2. The van der Waals surface area contributed by atoms with Crippen LogP contribution in [0.3, 0.4) is 0 Å². The molecule has 0 aromatic carbocycles. The SMILES string of the molecule is CC(C(C)S(C)(=O)=O)N(C)Cc1cnc2c(C#N)cnn2c1. The summed E-state index contributed by atoms with van der Waals surface area (Å²) in [6.07, 6.45) is 6.22. The van der Waals surface area contributed by atoms with Gasteiger partial charge >= 0.3 is 0 Å². The van der Waals surface area contributed by atoms with Gasteiger partial charge < -0.3 is 0 Å². The number of rotatable bonds is 5. The van der Waals surface area contributed by atoms with Crippen LogP contribution in [0.4, 0.5) is 0 Å². The molecule has 118 valence electrons. The van der Waals surface area contributed by atoms with Crippen molar-refractivity contribution in [2.24, 2.45) is 0 Å². The van der Waals surface area contributed by atoms with Crippen LogP contribution in [0.1, 0.15) is 25.0 Å². The second-order valence-electron chi connectivity index (χ2n) is 5.59. The van der Waals surface area contributed by atoms with Gasteiger partial charge in [-0.15, -0.1) is 0 Å². The van der Waals surface area contributed by atoms with Crippen LogP contribution in [0.2, 0.25) is 0 Å². The van der Waals surface area contributed by atoms with E-state index in [1.165, 1.54) is 12.5 Å². The molecular weight excluding hydrogens is 302 g/mol. The summed E-state index contributed by atoms with van der Waals surface area (Å²) in [6.45, 7) is 4.15. The molecule has 2 rings (SSSR count). The standard InChI is InChI=1S/C14H19N5O2S/c1-10(11(2)22(4,20)21)18(3)8-12-6-16-14-13(5-15)7-17-19(14)9-12/h6-7,9-11H,8H2,1-4H3. The molecule has 0 aliphatic carbocycles. The number of aromatic nitrogens is 3. The van der Waals surface area contributed by atoms with E-state index in [-0.39, 0.29) is 6.04 Å². The lowest BCUT2D eigenvalue weighted by Gasteiger charge is -2.28. The molecule has 0 spiro atoms. The lowest BCUT2D eigenvalue weighted by molar-refractivity contribution is 0.244. The van der Waals surface area contributed by atoms with Crippen LogP contribution >= 0.6 is 0 Å². The maximum atomic E-state index is 11.7. The Balaban J connectivity index is 2.18. The molecule has 0 fully saturated rings. The average Bonchev–Trinajstić information content (AvgIpc) is 2.86. The summed E-state index contributed by atoms with van der Waals surface area (Å²) in [4.78, 5) is 6.21. The number of nitriles is 1. The molecule has 8 heteroatoms. The summed E-state index contributed by atoms with van der Waals surface area (Å²) in [5, 5.41) is 12.6. The smallest absolute Gasteiger partial charge is 0.172 e. The monoisotopic (exact) mass is 321 g/mol. The predicted molar refractivity (Wildman–Crippen MR) is 82.9 cm³/mol. The Morgan fingerprint density at radius 3 is 2.68 bits per heavy atom. The molecule has 0 aliphatic rings. The Bertz CT molecular complexity index is 821. The van der Waals surface area contributed by atoms with Gasteiger partial charge in [-0.3, -0.25) is 4.90 Å². The predicted octanol–water partition coefficient (Wildman–Crippen LogP) is 0.854. The number of hydrogen-bond donors (Lipinski definition) is 0. The first-order valence-electron chi connectivity index (χ1n) is 6.85. The minimum atomic E-state index is -3.08. The van der Waals surface area contributed by atoms with Crippen molar-refractivity contribution in [3.63, 3.8) is 0 Å². The highest BCUT2D eigenvalue weighted by Crippen LogP contribution is 2.14. The molecule has 0 bridgehead atoms. The largest absolute Gasteiger partial charge is 0.298 e. The molecule has 7 nitrogen and oxygen atoms in total. The highest BCUT2D eigenvalue weighted by atomic mass is 32.2. The Morgan fingerprint density at radius 2 is 2.09 bits per heavy atom. The van der Waals surface area contributed by atoms with Gasteiger partial charge in [0.15, 0.2) is 15.5 Å². The van der Waals surface area contributed by atoms with Crippen molar-refractivity contribution in [1.82, 2.24) is 19.5 Å². The Kier molecular flexibility index (Phi) is 4.49. The zero-order valence-electron chi connectivity index (χ0n) is 13.1. The molecule has 0 aliphatic heterocycles. The Hall–Kier alpha value is -1.98. The topological polar surface area (TPSA) is 91.4 Å². The maximum Gasteiger partial charge on any atom is 0.172 e. The fraction of sp³-hybridized carbons (Fsp3) is 0.500. The second kappa shape index (κ2) is 6.02. The van der Waals surface area contributed by atoms with Crippen molar-refractivity contribution in [2.45, 2.75) is 31.7 Å². The fourth-order valence-corrected chi connectivity index (χ4v) is 3.15. The summed E-state index contributed by atoms with van der Waals surface area (Å²) in [6, 6.07) is 1.91. The molecular formula is C14H19N5O2S. The van der Waals surface area contributed by atoms with E-state index < -0.39 is 15.1 Å². The Labute approximate surface area is 130 Å². The van der Waals surface area contributed by atoms with Gasteiger partial charge in [0.05, 0.1) is 11.4 Å². The van der Waals surface area contributed by atoms with Crippen molar-refractivity contribution in [3.05, 3.63) is 29.7 Å². The van der Waals surface area contributed by atoms with Gasteiger partial charge in [-0.25, -0.2) is 17.9 Å². The molecule has 2 atom stereocenters. The van der Waals surface area contributed by atoms with Crippen molar-refractivity contribution >= 4 is 15.5 Å². The van der Waals surface area contributed by atoms with E-state index in [2.05, 4.69) is 10.1 Å². The Morgan fingerprint density at radius 1 is 1.41 bits per heavy atom. The number of nitrogens with zero attached hydrogens (tertiary/aromatic N) is 5. The van der Waals surface area contributed by atoms with Gasteiger partial charge in [0, 0.05) is 36.8 Å². The number of fused-ring (bicyclic) bond motifs is 1. The van der Waals surface area contributed by atoms with Gasteiger partial charge in [-0.2, -0.15) is 10.4 Å². The fourth-order valence-electron chi connectivity index (χ4n) is 2.22.